The molecule has 0 unspecified atom stereocenters. The van der Waals surface area contributed by atoms with Crippen LogP contribution in [0.1, 0.15) is 67.4 Å². The number of carbonyl (C=O) groups is 1. The number of halogens is 1. The molecule has 1 spiro atoms. The van der Waals surface area contributed by atoms with E-state index in [1.54, 1.807) is 12.1 Å². The summed E-state index contributed by atoms with van der Waals surface area (Å²) < 4.78 is 51.6. The molecule has 2 aliphatic carbocycles. The Bertz CT molecular complexity index is 1610. The van der Waals surface area contributed by atoms with Gasteiger partial charge in [0.05, 0.1) is 10.9 Å². The Morgan fingerprint density at radius 2 is 1.78 bits per heavy atom. The molecule has 2 fully saturated rings. The number of benzene rings is 2. The van der Waals surface area contributed by atoms with Crippen molar-refractivity contribution in [3.8, 4) is 17.1 Å². The summed E-state index contributed by atoms with van der Waals surface area (Å²) in [5.41, 5.74) is 2.67. The molecular formula is C31H35FN4O4S. The van der Waals surface area contributed by atoms with Gasteiger partial charge in [-0.1, -0.05) is 38.1 Å². The van der Waals surface area contributed by atoms with Gasteiger partial charge in [-0.25, -0.2) is 18.1 Å². The molecule has 8 nitrogen and oxygen atoms in total. The van der Waals surface area contributed by atoms with Gasteiger partial charge in [-0.2, -0.15) is 9.37 Å². The van der Waals surface area contributed by atoms with Crippen LogP contribution in [-0.4, -0.2) is 47.9 Å². The lowest BCUT2D eigenvalue weighted by atomic mass is 9.75. The molecule has 0 radical (unpaired) electrons. The lowest BCUT2D eigenvalue weighted by Gasteiger charge is -2.47. The van der Waals surface area contributed by atoms with E-state index in [1.165, 1.54) is 25.0 Å². The summed E-state index contributed by atoms with van der Waals surface area (Å²) in [5, 5.41) is 0. The van der Waals surface area contributed by atoms with Crippen molar-refractivity contribution >= 4 is 21.9 Å². The summed E-state index contributed by atoms with van der Waals surface area (Å²) >= 11 is 0. The van der Waals surface area contributed by atoms with Crippen molar-refractivity contribution in [3.63, 3.8) is 0 Å². The van der Waals surface area contributed by atoms with Crippen LogP contribution in [0.15, 0.2) is 47.4 Å². The summed E-state index contributed by atoms with van der Waals surface area (Å²) in [6, 6.07) is 11.2. The van der Waals surface area contributed by atoms with E-state index in [-0.39, 0.29) is 58.5 Å². The van der Waals surface area contributed by atoms with Gasteiger partial charge in [0.2, 0.25) is 11.8 Å². The molecule has 1 atom stereocenters. The number of anilines is 1. The third kappa shape index (κ3) is 5.18. The number of fused-ring (bicyclic) bond motifs is 4. The normalized spacial score (nSPS) is 21.3. The number of aromatic nitrogens is 2. The molecule has 6 rings (SSSR count). The average Bonchev–Trinajstić information content (AvgIpc) is 3.69. The average molecular weight is 579 g/mol. The molecule has 41 heavy (non-hydrogen) atoms. The van der Waals surface area contributed by atoms with E-state index >= 15 is 4.39 Å². The lowest BCUT2D eigenvalue weighted by Crippen LogP contribution is -2.55. The van der Waals surface area contributed by atoms with E-state index in [1.807, 2.05) is 36.9 Å². The summed E-state index contributed by atoms with van der Waals surface area (Å²) in [7, 11) is -4.21. The molecule has 2 saturated carbocycles. The van der Waals surface area contributed by atoms with Gasteiger partial charge >= 0.3 is 0 Å². The minimum absolute atomic E-state index is 0.0110. The first-order valence-corrected chi connectivity index (χ1v) is 15.7. The molecule has 0 saturated heterocycles. The van der Waals surface area contributed by atoms with E-state index < -0.39 is 15.8 Å². The van der Waals surface area contributed by atoms with Crippen molar-refractivity contribution in [1.29, 1.82) is 0 Å². The van der Waals surface area contributed by atoms with Crippen molar-refractivity contribution in [2.75, 3.05) is 11.3 Å². The number of rotatable bonds is 4. The number of nitrogens with zero attached hydrogens (tertiary/aromatic N) is 3. The standard InChI is InChI=1S/C31H35FN4O4S/c1-18(2)13-22-17-40-28-26(32)27(25-19(3)7-5-8-20(25)4)33-30(34-28)35-41(38,39)24-10-6-9-21(14-24)29(37)36(22)23-15-31(16-23)11-12-31/h5-10,14,18,22-23H,11-13,15-17H2,1-4H3,(H,33,34,35)/t22-/m1/s1. The molecule has 1 N–H and O–H groups in total. The smallest absolute Gasteiger partial charge is 0.264 e. The number of hydrogen-bond acceptors (Lipinski definition) is 6. The quantitative estimate of drug-likeness (QED) is 0.414. The molecule has 1 aliphatic heterocycles. The van der Waals surface area contributed by atoms with Crippen molar-refractivity contribution < 1.29 is 22.3 Å². The van der Waals surface area contributed by atoms with Crippen LogP contribution in [-0.2, 0) is 10.0 Å². The van der Waals surface area contributed by atoms with Crippen molar-refractivity contribution in [3.05, 3.63) is 65.0 Å². The van der Waals surface area contributed by atoms with Gasteiger partial charge in [-0.15, -0.1) is 0 Å². The highest BCUT2D eigenvalue weighted by Crippen LogP contribution is 2.62. The van der Waals surface area contributed by atoms with E-state index in [0.29, 0.717) is 17.4 Å². The van der Waals surface area contributed by atoms with Crippen molar-refractivity contribution in [1.82, 2.24) is 14.9 Å². The SMILES string of the molecule is Cc1cccc(C)c1-c1nc2nc(c1F)OC[C@@H](CC(C)C)N(C1CC3(CC3)C1)C(=O)c1cccc(c1)S(=O)(=O)N2. The molecule has 4 bridgehead atoms. The number of sulfonamides is 1. The molecule has 3 aliphatic rings. The molecule has 216 valence electrons. The van der Waals surface area contributed by atoms with Gasteiger partial charge in [-0.3, -0.25) is 4.79 Å². The summed E-state index contributed by atoms with van der Waals surface area (Å²) in [4.78, 5) is 24.4. The summed E-state index contributed by atoms with van der Waals surface area (Å²) in [6.45, 7) is 7.85. The summed E-state index contributed by atoms with van der Waals surface area (Å²) in [6.07, 6.45) is 4.80. The third-order valence-electron chi connectivity index (χ3n) is 8.63. The zero-order chi connectivity index (χ0) is 29.1. The fourth-order valence-electron chi connectivity index (χ4n) is 6.38. The van der Waals surface area contributed by atoms with Crippen molar-refractivity contribution in [2.45, 2.75) is 76.8 Å². The van der Waals surface area contributed by atoms with Crippen LogP contribution < -0.4 is 9.46 Å². The van der Waals surface area contributed by atoms with Crippen LogP contribution in [0.4, 0.5) is 10.3 Å². The van der Waals surface area contributed by atoms with E-state index in [9.17, 15) is 13.2 Å². The predicted molar refractivity (Wildman–Crippen MR) is 154 cm³/mol. The fraction of sp³-hybridized carbons (Fsp3) is 0.452. The number of ether oxygens (including phenoxy) is 1. The molecular weight excluding hydrogens is 543 g/mol. The molecule has 1 amide bonds. The van der Waals surface area contributed by atoms with Crippen LogP contribution in [0.2, 0.25) is 0 Å². The molecule has 3 aromatic rings. The Balaban J connectivity index is 1.51. The van der Waals surface area contributed by atoms with Crippen LogP contribution in [0.5, 0.6) is 5.88 Å². The first-order chi connectivity index (χ1) is 19.5. The minimum Gasteiger partial charge on any atom is -0.473 e. The van der Waals surface area contributed by atoms with Gasteiger partial charge < -0.3 is 9.64 Å². The van der Waals surface area contributed by atoms with Gasteiger partial charge in [-0.05, 0) is 86.6 Å². The van der Waals surface area contributed by atoms with Gasteiger partial charge in [0.25, 0.3) is 21.8 Å². The third-order valence-corrected chi connectivity index (χ3v) is 9.95. The Morgan fingerprint density at radius 1 is 1.10 bits per heavy atom. The monoisotopic (exact) mass is 578 g/mol. The Hall–Kier alpha value is -3.53. The number of hydrogen-bond donors (Lipinski definition) is 1. The van der Waals surface area contributed by atoms with Crippen LogP contribution in [0, 0.1) is 31.0 Å². The van der Waals surface area contributed by atoms with E-state index in [0.717, 1.165) is 24.0 Å². The van der Waals surface area contributed by atoms with Crippen molar-refractivity contribution in [2.24, 2.45) is 11.3 Å². The molecule has 2 aromatic carbocycles. The van der Waals surface area contributed by atoms with Gasteiger partial charge in [0, 0.05) is 17.2 Å². The Kier molecular flexibility index (Phi) is 6.79. The molecule has 2 heterocycles. The van der Waals surface area contributed by atoms with E-state index in [4.69, 9.17) is 4.74 Å². The van der Waals surface area contributed by atoms with E-state index in [2.05, 4.69) is 28.5 Å². The highest BCUT2D eigenvalue weighted by Gasteiger charge is 2.56. The number of nitrogens with one attached hydrogen (secondary N) is 1. The fourth-order valence-corrected chi connectivity index (χ4v) is 7.37. The van der Waals surface area contributed by atoms with Gasteiger partial charge in [0.1, 0.15) is 12.3 Å². The van der Waals surface area contributed by atoms with Crippen LogP contribution in [0.25, 0.3) is 11.3 Å². The Morgan fingerprint density at radius 3 is 2.44 bits per heavy atom. The second kappa shape index (κ2) is 10.1. The second-order valence-electron chi connectivity index (χ2n) is 12.3. The number of amides is 1. The van der Waals surface area contributed by atoms with Crippen LogP contribution >= 0.6 is 0 Å². The zero-order valence-corrected chi connectivity index (χ0v) is 24.6. The Labute approximate surface area is 240 Å². The van der Waals surface area contributed by atoms with Gasteiger partial charge in [0.15, 0.2) is 0 Å². The lowest BCUT2D eigenvalue weighted by molar-refractivity contribution is 0.00885. The largest absolute Gasteiger partial charge is 0.473 e. The number of aryl methyl sites for hydroxylation is 2. The predicted octanol–water partition coefficient (Wildman–Crippen LogP) is 5.89. The maximum absolute atomic E-state index is 16.1. The number of carbonyl (C=O) groups excluding carboxylic acids is 1. The first kappa shape index (κ1) is 27.6. The first-order valence-electron chi connectivity index (χ1n) is 14.2. The highest BCUT2D eigenvalue weighted by molar-refractivity contribution is 7.92. The summed E-state index contributed by atoms with van der Waals surface area (Å²) in [5.74, 6) is -1.45. The van der Waals surface area contributed by atoms with Crippen LogP contribution in [0.3, 0.4) is 0 Å². The maximum atomic E-state index is 16.1. The highest BCUT2D eigenvalue weighted by atomic mass is 32.2. The molecule has 10 heteroatoms. The minimum atomic E-state index is -4.21. The molecule has 1 aromatic heterocycles. The topological polar surface area (TPSA) is 101 Å². The zero-order valence-electron chi connectivity index (χ0n) is 23.8. The maximum Gasteiger partial charge on any atom is 0.264 e. The second-order valence-corrected chi connectivity index (χ2v) is 14.0.